The SMILES string of the molecule is CCOC(=O)c1ccc(NC(CC)Oc2ccc(Cl)cc2)cc1. The van der Waals surface area contributed by atoms with E-state index in [9.17, 15) is 4.79 Å². The van der Waals surface area contributed by atoms with Crippen LogP contribution < -0.4 is 10.1 Å². The molecule has 1 unspecified atom stereocenters. The van der Waals surface area contributed by atoms with Crippen LogP contribution in [0.5, 0.6) is 5.75 Å². The lowest BCUT2D eigenvalue weighted by Gasteiger charge is -2.20. The second-order valence-corrected chi connectivity index (χ2v) is 5.35. The summed E-state index contributed by atoms with van der Waals surface area (Å²) in [6.07, 6.45) is 0.604. The van der Waals surface area contributed by atoms with Crippen molar-refractivity contribution in [2.75, 3.05) is 11.9 Å². The highest BCUT2D eigenvalue weighted by Gasteiger charge is 2.10. The second-order valence-electron chi connectivity index (χ2n) is 4.91. The second kappa shape index (κ2) is 8.44. The Hall–Kier alpha value is -2.20. The van der Waals surface area contributed by atoms with Crippen molar-refractivity contribution >= 4 is 23.3 Å². The van der Waals surface area contributed by atoms with Gasteiger partial charge in [0.1, 0.15) is 5.75 Å². The van der Waals surface area contributed by atoms with Crippen molar-refractivity contribution in [2.45, 2.75) is 26.5 Å². The summed E-state index contributed by atoms with van der Waals surface area (Å²) in [4.78, 5) is 11.6. The number of halogens is 1. The zero-order chi connectivity index (χ0) is 16.7. The van der Waals surface area contributed by atoms with Gasteiger partial charge >= 0.3 is 5.97 Å². The Morgan fingerprint density at radius 1 is 1.09 bits per heavy atom. The predicted octanol–water partition coefficient (Wildman–Crippen LogP) is 4.74. The molecule has 0 heterocycles. The molecule has 0 saturated carbocycles. The molecular formula is C18H20ClNO3. The minimum Gasteiger partial charge on any atom is -0.471 e. The Bertz CT molecular complexity index is 626. The molecule has 2 rings (SSSR count). The van der Waals surface area contributed by atoms with Crippen LogP contribution in [-0.2, 0) is 4.74 Å². The van der Waals surface area contributed by atoms with E-state index in [0.29, 0.717) is 17.2 Å². The first-order valence-corrected chi connectivity index (χ1v) is 7.96. The summed E-state index contributed by atoms with van der Waals surface area (Å²) >= 11 is 5.87. The van der Waals surface area contributed by atoms with Crippen molar-refractivity contribution < 1.29 is 14.3 Å². The Kier molecular flexibility index (Phi) is 6.29. The Balaban J connectivity index is 1.98. The van der Waals surface area contributed by atoms with Crippen LogP contribution in [0.3, 0.4) is 0 Å². The topological polar surface area (TPSA) is 47.6 Å². The van der Waals surface area contributed by atoms with Gasteiger partial charge < -0.3 is 14.8 Å². The van der Waals surface area contributed by atoms with Crippen molar-refractivity contribution in [3.8, 4) is 5.75 Å². The number of hydrogen-bond acceptors (Lipinski definition) is 4. The van der Waals surface area contributed by atoms with Crippen LogP contribution in [-0.4, -0.2) is 18.8 Å². The van der Waals surface area contributed by atoms with Crippen molar-refractivity contribution in [2.24, 2.45) is 0 Å². The molecule has 1 atom stereocenters. The number of carbonyl (C=O) groups is 1. The highest BCUT2D eigenvalue weighted by molar-refractivity contribution is 6.30. The zero-order valence-corrected chi connectivity index (χ0v) is 14.0. The Labute approximate surface area is 141 Å². The number of rotatable bonds is 7. The van der Waals surface area contributed by atoms with E-state index in [1.165, 1.54) is 0 Å². The van der Waals surface area contributed by atoms with E-state index in [-0.39, 0.29) is 12.2 Å². The van der Waals surface area contributed by atoms with E-state index in [4.69, 9.17) is 21.1 Å². The van der Waals surface area contributed by atoms with Crippen LogP contribution >= 0.6 is 11.6 Å². The maximum atomic E-state index is 11.6. The summed E-state index contributed by atoms with van der Waals surface area (Å²) in [6.45, 7) is 4.18. The number of benzene rings is 2. The van der Waals surface area contributed by atoms with Crippen molar-refractivity contribution in [3.05, 3.63) is 59.1 Å². The Morgan fingerprint density at radius 3 is 2.30 bits per heavy atom. The fourth-order valence-corrected chi connectivity index (χ4v) is 2.12. The molecule has 0 aromatic heterocycles. The van der Waals surface area contributed by atoms with Gasteiger partial charge in [0.15, 0.2) is 6.23 Å². The number of anilines is 1. The van der Waals surface area contributed by atoms with Gasteiger partial charge in [0.2, 0.25) is 0 Å². The van der Waals surface area contributed by atoms with Gasteiger partial charge in [0.05, 0.1) is 12.2 Å². The summed E-state index contributed by atoms with van der Waals surface area (Å²) < 4.78 is 10.8. The van der Waals surface area contributed by atoms with E-state index in [0.717, 1.165) is 17.9 Å². The van der Waals surface area contributed by atoms with Crippen molar-refractivity contribution in [1.82, 2.24) is 0 Å². The van der Waals surface area contributed by atoms with Crippen molar-refractivity contribution in [3.63, 3.8) is 0 Å². The molecule has 0 aliphatic carbocycles. The number of esters is 1. The molecule has 0 aliphatic heterocycles. The largest absolute Gasteiger partial charge is 0.471 e. The first-order valence-electron chi connectivity index (χ1n) is 7.58. The maximum Gasteiger partial charge on any atom is 0.338 e. The van der Waals surface area contributed by atoms with Crippen LogP contribution in [0.4, 0.5) is 5.69 Å². The van der Waals surface area contributed by atoms with E-state index in [1.807, 2.05) is 31.2 Å². The van der Waals surface area contributed by atoms with Gasteiger partial charge in [0, 0.05) is 17.1 Å². The highest BCUT2D eigenvalue weighted by atomic mass is 35.5. The lowest BCUT2D eigenvalue weighted by Crippen LogP contribution is -2.25. The Morgan fingerprint density at radius 2 is 1.74 bits per heavy atom. The van der Waals surface area contributed by atoms with Gasteiger partial charge in [-0.2, -0.15) is 0 Å². The number of hydrogen-bond donors (Lipinski definition) is 1. The lowest BCUT2D eigenvalue weighted by atomic mass is 10.2. The van der Waals surface area contributed by atoms with Crippen LogP contribution in [0, 0.1) is 0 Å². The standard InChI is InChI=1S/C18H20ClNO3/c1-3-17(23-16-11-7-14(19)8-12-16)20-15-9-5-13(6-10-15)18(21)22-4-2/h5-12,17,20H,3-4H2,1-2H3. The van der Waals surface area contributed by atoms with Gasteiger partial charge in [-0.3, -0.25) is 0 Å². The molecule has 0 bridgehead atoms. The monoisotopic (exact) mass is 333 g/mol. The molecule has 2 aromatic carbocycles. The van der Waals surface area contributed by atoms with E-state index < -0.39 is 0 Å². The number of nitrogens with one attached hydrogen (secondary N) is 1. The fourth-order valence-electron chi connectivity index (χ4n) is 2.00. The summed E-state index contributed by atoms with van der Waals surface area (Å²) in [5, 5.41) is 3.96. The average Bonchev–Trinajstić information content (AvgIpc) is 2.57. The molecule has 0 spiro atoms. The highest BCUT2D eigenvalue weighted by Crippen LogP contribution is 2.19. The molecule has 0 saturated heterocycles. The summed E-state index contributed by atoms with van der Waals surface area (Å²) in [6, 6.07) is 14.4. The van der Waals surface area contributed by atoms with E-state index in [2.05, 4.69) is 5.32 Å². The minimum atomic E-state index is -0.316. The number of ether oxygens (including phenoxy) is 2. The molecular weight excluding hydrogens is 314 g/mol. The maximum absolute atomic E-state index is 11.6. The molecule has 122 valence electrons. The van der Waals surface area contributed by atoms with Gasteiger partial charge in [-0.05, 0) is 55.5 Å². The molecule has 0 aliphatic rings. The van der Waals surface area contributed by atoms with Crippen LogP contribution in [0.15, 0.2) is 48.5 Å². The van der Waals surface area contributed by atoms with Crippen LogP contribution in [0.25, 0.3) is 0 Å². The molecule has 5 heteroatoms. The summed E-state index contributed by atoms with van der Waals surface area (Å²) in [5.74, 6) is 0.431. The third-order valence-electron chi connectivity index (χ3n) is 3.19. The zero-order valence-electron chi connectivity index (χ0n) is 13.2. The van der Waals surface area contributed by atoms with Crippen LogP contribution in [0.2, 0.25) is 5.02 Å². The third-order valence-corrected chi connectivity index (χ3v) is 3.44. The normalized spacial score (nSPS) is 11.6. The molecule has 0 amide bonds. The average molecular weight is 334 g/mol. The van der Waals surface area contributed by atoms with Gasteiger partial charge in [0.25, 0.3) is 0 Å². The fraction of sp³-hybridized carbons (Fsp3) is 0.278. The summed E-state index contributed by atoms with van der Waals surface area (Å²) in [7, 11) is 0. The molecule has 23 heavy (non-hydrogen) atoms. The molecule has 4 nitrogen and oxygen atoms in total. The minimum absolute atomic E-state index is 0.176. The van der Waals surface area contributed by atoms with Gasteiger partial charge in [-0.25, -0.2) is 4.79 Å². The lowest BCUT2D eigenvalue weighted by molar-refractivity contribution is 0.0526. The first-order chi connectivity index (χ1) is 11.1. The van der Waals surface area contributed by atoms with Crippen LogP contribution in [0.1, 0.15) is 30.6 Å². The smallest absolute Gasteiger partial charge is 0.338 e. The quantitative estimate of drug-likeness (QED) is 0.587. The van der Waals surface area contributed by atoms with Crippen molar-refractivity contribution in [1.29, 1.82) is 0 Å². The first kappa shape index (κ1) is 17.2. The predicted molar refractivity (Wildman–Crippen MR) is 92.2 cm³/mol. The number of carbonyl (C=O) groups excluding carboxylic acids is 1. The molecule has 0 fully saturated rings. The van der Waals surface area contributed by atoms with E-state index >= 15 is 0 Å². The third kappa shape index (κ3) is 5.18. The molecule has 0 radical (unpaired) electrons. The van der Waals surface area contributed by atoms with E-state index in [1.54, 1.807) is 31.2 Å². The van der Waals surface area contributed by atoms with Gasteiger partial charge in [-0.15, -0.1) is 0 Å². The summed E-state index contributed by atoms with van der Waals surface area (Å²) in [5.41, 5.74) is 1.41. The molecule has 2 aromatic rings. The van der Waals surface area contributed by atoms with Gasteiger partial charge in [-0.1, -0.05) is 18.5 Å². The molecule has 1 N–H and O–H groups in total.